The van der Waals surface area contributed by atoms with Crippen molar-refractivity contribution in [2.24, 2.45) is 0 Å². The number of hydrogen-bond acceptors (Lipinski definition) is 2. The Labute approximate surface area is 308 Å². The second-order valence-corrected chi connectivity index (χ2v) is 13.8. The first-order valence-electron chi connectivity index (χ1n) is 18.0. The van der Waals surface area contributed by atoms with Gasteiger partial charge in [0.2, 0.25) is 0 Å². The van der Waals surface area contributed by atoms with Crippen LogP contribution in [0.15, 0.2) is 188 Å². The molecule has 0 saturated carbocycles. The number of nitrogens with two attached hydrogens (primary N) is 2. The van der Waals surface area contributed by atoms with Crippen molar-refractivity contribution in [1.82, 2.24) is 4.57 Å². The summed E-state index contributed by atoms with van der Waals surface area (Å²) in [5.41, 5.74) is 27.5. The van der Waals surface area contributed by atoms with Crippen LogP contribution in [0.1, 0.15) is 0 Å². The van der Waals surface area contributed by atoms with Gasteiger partial charge in [-0.1, -0.05) is 146 Å². The lowest BCUT2D eigenvalue weighted by atomic mass is 9.92. The van der Waals surface area contributed by atoms with Crippen LogP contribution in [0.4, 0.5) is 11.4 Å². The van der Waals surface area contributed by atoms with E-state index < -0.39 is 0 Å². The molecule has 3 heteroatoms. The SMILES string of the molecule is Nc1cc(-c2ccccc2-c2ccc3ccccc3c2)ccc1-n1c2ccccc2c2cc(-c3ccccc3-c3ccc4ccccc4c3)cc(N)c21. The maximum atomic E-state index is 7.09. The number of nitrogen functional groups attached to an aromatic ring is 2. The molecule has 10 aromatic rings. The summed E-state index contributed by atoms with van der Waals surface area (Å²) < 4.78 is 2.23. The minimum atomic E-state index is 0.684. The van der Waals surface area contributed by atoms with Gasteiger partial charge >= 0.3 is 0 Å². The number of rotatable bonds is 5. The van der Waals surface area contributed by atoms with Gasteiger partial charge < -0.3 is 16.0 Å². The van der Waals surface area contributed by atoms with Crippen LogP contribution in [-0.2, 0) is 0 Å². The fourth-order valence-electron chi connectivity index (χ4n) is 8.15. The molecule has 0 unspecified atom stereocenters. The number of para-hydroxylation sites is 1. The molecular formula is C50H35N3. The number of aromatic nitrogens is 1. The quantitative estimate of drug-likeness (QED) is 0.178. The van der Waals surface area contributed by atoms with Gasteiger partial charge in [-0.3, -0.25) is 0 Å². The average molecular weight is 678 g/mol. The highest BCUT2D eigenvalue weighted by Crippen LogP contribution is 2.43. The van der Waals surface area contributed by atoms with Gasteiger partial charge in [0.15, 0.2) is 0 Å². The minimum Gasteiger partial charge on any atom is -0.397 e. The van der Waals surface area contributed by atoms with Gasteiger partial charge in [0.1, 0.15) is 0 Å². The van der Waals surface area contributed by atoms with Gasteiger partial charge in [-0.15, -0.1) is 0 Å². The third-order valence-electron chi connectivity index (χ3n) is 10.7. The van der Waals surface area contributed by atoms with Crippen molar-refractivity contribution < 1.29 is 0 Å². The molecule has 0 saturated heterocycles. The van der Waals surface area contributed by atoms with Gasteiger partial charge in [0, 0.05) is 10.8 Å². The molecule has 0 radical (unpaired) electrons. The van der Waals surface area contributed by atoms with E-state index in [0.29, 0.717) is 11.4 Å². The molecule has 53 heavy (non-hydrogen) atoms. The molecule has 0 spiro atoms. The zero-order valence-electron chi connectivity index (χ0n) is 29.0. The fourth-order valence-corrected chi connectivity index (χ4v) is 8.15. The van der Waals surface area contributed by atoms with E-state index in [-0.39, 0.29) is 0 Å². The molecule has 250 valence electrons. The zero-order valence-corrected chi connectivity index (χ0v) is 29.0. The van der Waals surface area contributed by atoms with Crippen LogP contribution in [0, 0.1) is 0 Å². The highest BCUT2D eigenvalue weighted by Gasteiger charge is 2.19. The summed E-state index contributed by atoms with van der Waals surface area (Å²) in [5.74, 6) is 0. The van der Waals surface area contributed by atoms with E-state index in [1.54, 1.807) is 0 Å². The number of hydrogen-bond donors (Lipinski definition) is 2. The molecule has 0 bridgehead atoms. The van der Waals surface area contributed by atoms with Crippen molar-refractivity contribution in [3.8, 4) is 50.2 Å². The molecule has 0 atom stereocenters. The summed E-state index contributed by atoms with van der Waals surface area (Å²) in [7, 11) is 0. The maximum absolute atomic E-state index is 7.09. The zero-order chi connectivity index (χ0) is 35.5. The fraction of sp³-hybridized carbons (Fsp3) is 0. The molecule has 3 nitrogen and oxygen atoms in total. The lowest BCUT2D eigenvalue weighted by Crippen LogP contribution is -2.02. The predicted molar refractivity (Wildman–Crippen MR) is 226 cm³/mol. The van der Waals surface area contributed by atoms with Crippen LogP contribution in [-0.4, -0.2) is 4.57 Å². The lowest BCUT2D eigenvalue weighted by molar-refractivity contribution is 1.19. The Balaban J connectivity index is 1.10. The van der Waals surface area contributed by atoms with Crippen LogP contribution >= 0.6 is 0 Å². The normalized spacial score (nSPS) is 11.5. The van der Waals surface area contributed by atoms with E-state index in [2.05, 4.69) is 193 Å². The Morgan fingerprint density at radius 2 is 0.774 bits per heavy atom. The van der Waals surface area contributed by atoms with E-state index in [9.17, 15) is 0 Å². The first-order valence-corrected chi connectivity index (χ1v) is 18.0. The van der Waals surface area contributed by atoms with Gasteiger partial charge in [0.25, 0.3) is 0 Å². The minimum absolute atomic E-state index is 0.684. The van der Waals surface area contributed by atoms with Gasteiger partial charge in [-0.25, -0.2) is 0 Å². The van der Waals surface area contributed by atoms with Crippen LogP contribution in [0.5, 0.6) is 0 Å². The average Bonchev–Trinajstić information content (AvgIpc) is 3.55. The number of benzene rings is 9. The Morgan fingerprint density at radius 1 is 0.321 bits per heavy atom. The summed E-state index contributed by atoms with van der Waals surface area (Å²) in [6.45, 7) is 0. The van der Waals surface area contributed by atoms with E-state index in [1.165, 1.54) is 43.8 Å². The molecule has 1 heterocycles. The monoisotopic (exact) mass is 677 g/mol. The summed E-state index contributed by atoms with van der Waals surface area (Å²) in [4.78, 5) is 0. The van der Waals surface area contributed by atoms with E-state index >= 15 is 0 Å². The Bertz CT molecular complexity index is 3040. The highest BCUT2D eigenvalue weighted by molar-refractivity contribution is 6.15. The van der Waals surface area contributed by atoms with E-state index in [4.69, 9.17) is 11.5 Å². The summed E-state index contributed by atoms with van der Waals surface area (Å²) in [6, 6.07) is 66.8. The van der Waals surface area contributed by atoms with Crippen LogP contribution < -0.4 is 11.5 Å². The van der Waals surface area contributed by atoms with Crippen LogP contribution in [0.3, 0.4) is 0 Å². The van der Waals surface area contributed by atoms with Gasteiger partial charge in [-0.2, -0.15) is 0 Å². The molecule has 0 aliphatic carbocycles. The molecule has 10 rings (SSSR count). The Hall–Kier alpha value is -7.10. The topological polar surface area (TPSA) is 57.0 Å². The van der Waals surface area contributed by atoms with E-state index in [0.717, 1.165) is 49.7 Å². The third-order valence-corrected chi connectivity index (χ3v) is 10.7. The summed E-state index contributed by atoms with van der Waals surface area (Å²) >= 11 is 0. The molecule has 9 aromatic carbocycles. The first kappa shape index (κ1) is 30.7. The second-order valence-electron chi connectivity index (χ2n) is 13.8. The highest BCUT2D eigenvalue weighted by atomic mass is 15.0. The smallest absolute Gasteiger partial charge is 0.0772 e. The molecule has 0 fully saturated rings. The summed E-state index contributed by atoms with van der Waals surface area (Å²) in [5, 5.41) is 7.12. The van der Waals surface area contributed by atoms with Crippen molar-refractivity contribution in [2.45, 2.75) is 0 Å². The van der Waals surface area contributed by atoms with Crippen molar-refractivity contribution in [3.05, 3.63) is 188 Å². The van der Waals surface area contributed by atoms with Crippen molar-refractivity contribution in [3.63, 3.8) is 0 Å². The summed E-state index contributed by atoms with van der Waals surface area (Å²) in [6.07, 6.45) is 0. The van der Waals surface area contributed by atoms with Gasteiger partial charge in [0.05, 0.1) is 28.1 Å². The molecular weight excluding hydrogens is 643 g/mol. The van der Waals surface area contributed by atoms with Crippen molar-refractivity contribution in [1.29, 1.82) is 0 Å². The van der Waals surface area contributed by atoms with Crippen molar-refractivity contribution in [2.75, 3.05) is 11.5 Å². The molecule has 4 N–H and O–H groups in total. The Morgan fingerprint density at radius 3 is 1.36 bits per heavy atom. The number of anilines is 2. The van der Waals surface area contributed by atoms with Gasteiger partial charge in [-0.05, 0) is 109 Å². The lowest BCUT2D eigenvalue weighted by Gasteiger charge is -2.16. The number of fused-ring (bicyclic) bond motifs is 5. The molecule has 0 aliphatic rings. The maximum Gasteiger partial charge on any atom is 0.0772 e. The predicted octanol–water partition coefficient (Wildman–Crippen LogP) is 12.9. The van der Waals surface area contributed by atoms with E-state index in [1.807, 2.05) is 0 Å². The third kappa shape index (κ3) is 5.13. The van der Waals surface area contributed by atoms with Crippen molar-refractivity contribution >= 4 is 54.7 Å². The Kier molecular flexibility index (Phi) is 7.12. The second kappa shape index (κ2) is 12.3. The molecule has 1 aromatic heterocycles. The van der Waals surface area contributed by atoms with Crippen LogP contribution in [0.25, 0.3) is 93.5 Å². The standard InChI is InChI=1S/C50H35N3/c51-46-30-38(42-17-6-5-15-40(42)36-23-21-32-11-1-3-13-34(32)27-36)25-26-49(46)53-48-20-10-9-19-44(48)45-29-39(31-47(52)50(45)53)43-18-8-7-16-41(43)37-24-22-33-12-2-4-14-35(33)28-37/h1-31H,51-52H2. The largest absolute Gasteiger partial charge is 0.397 e. The molecule has 0 amide bonds. The molecule has 0 aliphatic heterocycles. The number of nitrogens with zero attached hydrogens (tertiary/aromatic N) is 1. The first-order chi connectivity index (χ1) is 26.1. The van der Waals surface area contributed by atoms with Crippen LogP contribution in [0.2, 0.25) is 0 Å².